The molecule has 0 unspecified atom stereocenters. The molecule has 1 fully saturated rings. The van der Waals surface area contributed by atoms with Crippen molar-refractivity contribution in [3.8, 4) is 0 Å². The van der Waals surface area contributed by atoms with E-state index in [1.54, 1.807) is 0 Å². The topological polar surface area (TPSA) is 75.6 Å². The van der Waals surface area contributed by atoms with Gasteiger partial charge in [-0.1, -0.05) is 10.3 Å². The summed E-state index contributed by atoms with van der Waals surface area (Å²) >= 11 is 0. The molecule has 0 atom stereocenters. The fourth-order valence-corrected chi connectivity index (χ4v) is 3.12. The summed E-state index contributed by atoms with van der Waals surface area (Å²) in [4.78, 5) is 16.8. The molecule has 3 heterocycles. The molecule has 2 aromatic heterocycles. The highest BCUT2D eigenvalue weighted by Gasteiger charge is 2.24. The number of hydrogen-bond acceptors (Lipinski definition) is 6. The van der Waals surface area contributed by atoms with Crippen molar-refractivity contribution in [1.29, 1.82) is 0 Å². The van der Waals surface area contributed by atoms with Crippen LogP contribution in [0.5, 0.6) is 0 Å². The Morgan fingerprint density at radius 3 is 1.96 bits per heavy atom. The molecule has 0 N–H and O–H groups in total. The molecular weight excluding hydrogens is 308 g/mol. The highest BCUT2D eigenvalue weighted by atomic mass is 16.5. The fraction of sp³-hybridized carbons (Fsp3) is 0.588. The first-order valence-corrected chi connectivity index (χ1v) is 8.29. The quantitative estimate of drug-likeness (QED) is 0.849. The first-order valence-electron chi connectivity index (χ1n) is 8.29. The van der Waals surface area contributed by atoms with Crippen LogP contribution in [0.25, 0.3) is 0 Å². The van der Waals surface area contributed by atoms with Crippen molar-refractivity contribution < 1.29 is 13.8 Å². The Labute approximate surface area is 141 Å². The van der Waals surface area contributed by atoms with Gasteiger partial charge in [-0.2, -0.15) is 0 Å². The van der Waals surface area contributed by atoms with E-state index in [-0.39, 0.29) is 5.91 Å². The predicted molar refractivity (Wildman–Crippen MR) is 87.5 cm³/mol. The maximum absolute atomic E-state index is 12.5. The number of piperazine rings is 1. The number of carbonyl (C=O) groups is 1. The van der Waals surface area contributed by atoms with E-state index < -0.39 is 0 Å². The molecule has 0 radical (unpaired) electrons. The van der Waals surface area contributed by atoms with Crippen LogP contribution in [0.15, 0.2) is 9.05 Å². The van der Waals surface area contributed by atoms with Gasteiger partial charge in [0.15, 0.2) is 0 Å². The molecule has 130 valence electrons. The molecule has 1 amide bonds. The number of carbonyl (C=O) groups excluding carboxylic acids is 1. The third kappa shape index (κ3) is 3.36. The van der Waals surface area contributed by atoms with Crippen LogP contribution in [0.2, 0.25) is 0 Å². The Morgan fingerprint density at radius 2 is 1.46 bits per heavy atom. The molecule has 1 saturated heterocycles. The Balaban J connectivity index is 1.54. The zero-order valence-electron chi connectivity index (χ0n) is 14.8. The van der Waals surface area contributed by atoms with Gasteiger partial charge in [0, 0.05) is 43.9 Å². The Bertz CT molecular complexity index is 687. The zero-order valence-corrected chi connectivity index (χ0v) is 14.8. The van der Waals surface area contributed by atoms with Gasteiger partial charge < -0.3 is 13.9 Å². The van der Waals surface area contributed by atoms with E-state index in [9.17, 15) is 4.79 Å². The first kappa shape index (κ1) is 16.7. The van der Waals surface area contributed by atoms with Gasteiger partial charge in [0.25, 0.3) is 0 Å². The molecule has 7 heteroatoms. The molecule has 0 spiro atoms. The lowest BCUT2D eigenvalue weighted by Crippen LogP contribution is -2.48. The number of hydrogen-bond donors (Lipinski definition) is 0. The molecule has 0 aromatic carbocycles. The van der Waals surface area contributed by atoms with Crippen LogP contribution in [0.4, 0.5) is 0 Å². The average Bonchev–Trinajstić information content (AvgIpc) is 3.05. The van der Waals surface area contributed by atoms with E-state index >= 15 is 0 Å². The lowest BCUT2D eigenvalue weighted by atomic mass is 10.1. The summed E-state index contributed by atoms with van der Waals surface area (Å²) in [6.07, 6.45) is 0.366. The molecule has 24 heavy (non-hydrogen) atoms. The maximum atomic E-state index is 12.5. The van der Waals surface area contributed by atoms with E-state index in [0.29, 0.717) is 6.42 Å². The minimum absolute atomic E-state index is 0.140. The van der Waals surface area contributed by atoms with Crippen molar-refractivity contribution in [1.82, 2.24) is 20.1 Å². The van der Waals surface area contributed by atoms with Gasteiger partial charge in [-0.25, -0.2) is 0 Å². The van der Waals surface area contributed by atoms with Gasteiger partial charge in [-0.15, -0.1) is 0 Å². The van der Waals surface area contributed by atoms with Gasteiger partial charge in [0.05, 0.1) is 17.8 Å². The molecular formula is C17H24N4O3. The molecule has 7 nitrogen and oxygen atoms in total. The minimum Gasteiger partial charge on any atom is -0.361 e. The van der Waals surface area contributed by atoms with Crippen LogP contribution in [0, 0.1) is 27.7 Å². The van der Waals surface area contributed by atoms with Gasteiger partial charge in [0.1, 0.15) is 11.5 Å². The number of aromatic nitrogens is 2. The largest absolute Gasteiger partial charge is 0.361 e. The van der Waals surface area contributed by atoms with Crippen LogP contribution in [-0.2, 0) is 17.8 Å². The van der Waals surface area contributed by atoms with Crippen LogP contribution in [0.3, 0.4) is 0 Å². The summed E-state index contributed by atoms with van der Waals surface area (Å²) in [5, 5.41) is 7.92. The molecule has 0 saturated carbocycles. The van der Waals surface area contributed by atoms with Crippen molar-refractivity contribution in [3.63, 3.8) is 0 Å². The molecule has 1 aliphatic rings. The lowest BCUT2D eigenvalue weighted by Gasteiger charge is -2.34. The second-order valence-corrected chi connectivity index (χ2v) is 6.44. The Hall–Kier alpha value is -2.15. The maximum Gasteiger partial charge on any atom is 0.227 e. The second kappa shape index (κ2) is 6.76. The summed E-state index contributed by atoms with van der Waals surface area (Å²) in [5.41, 5.74) is 3.82. The van der Waals surface area contributed by atoms with E-state index in [4.69, 9.17) is 9.05 Å². The van der Waals surface area contributed by atoms with Gasteiger partial charge >= 0.3 is 0 Å². The van der Waals surface area contributed by atoms with E-state index in [1.807, 2.05) is 32.6 Å². The van der Waals surface area contributed by atoms with Crippen molar-refractivity contribution >= 4 is 5.91 Å². The normalized spacial score (nSPS) is 15.9. The third-order valence-electron chi connectivity index (χ3n) is 4.80. The van der Waals surface area contributed by atoms with Crippen molar-refractivity contribution in [3.05, 3.63) is 34.0 Å². The second-order valence-electron chi connectivity index (χ2n) is 6.44. The third-order valence-corrected chi connectivity index (χ3v) is 4.80. The van der Waals surface area contributed by atoms with Gasteiger partial charge in [-0.3, -0.25) is 9.69 Å². The van der Waals surface area contributed by atoms with Crippen LogP contribution < -0.4 is 0 Å². The molecule has 0 aliphatic carbocycles. The van der Waals surface area contributed by atoms with E-state index in [1.165, 1.54) is 0 Å². The molecule has 2 aromatic rings. The molecule has 0 bridgehead atoms. The molecule has 3 rings (SSSR count). The highest BCUT2D eigenvalue weighted by molar-refractivity contribution is 5.79. The summed E-state index contributed by atoms with van der Waals surface area (Å²) in [6, 6.07) is 0. The predicted octanol–water partition coefficient (Wildman–Crippen LogP) is 1.78. The SMILES string of the molecule is Cc1noc(C)c1CC(=O)N1CCN(Cc2c(C)noc2C)CC1. The average molecular weight is 332 g/mol. The Morgan fingerprint density at radius 1 is 0.917 bits per heavy atom. The summed E-state index contributed by atoms with van der Waals surface area (Å²) in [5.74, 6) is 1.75. The smallest absolute Gasteiger partial charge is 0.227 e. The van der Waals surface area contributed by atoms with Crippen LogP contribution >= 0.6 is 0 Å². The Kier molecular flexibility index (Phi) is 4.71. The number of nitrogens with zero attached hydrogens (tertiary/aromatic N) is 4. The standard InChI is InChI=1S/C17H24N4O3/c1-11-15(13(3)23-18-11)9-17(22)21-7-5-20(6-8-21)10-16-12(2)19-24-14(16)4/h5-10H2,1-4H3. The summed E-state index contributed by atoms with van der Waals surface area (Å²) in [7, 11) is 0. The lowest BCUT2D eigenvalue weighted by molar-refractivity contribution is -0.132. The van der Waals surface area contributed by atoms with Crippen LogP contribution in [-0.4, -0.2) is 52.2 Å². The van der Waals surface area contributed by atoms with E-state index in [0.717, 1.165) is 66.8 Å². The monoisotopic (exact) mass is 332 g/mol. The van der Waals surface area contributed by atoms with E-state index in [2.05, 4.69) is 15.2 Å². The number of rotatable bonds is 4. The first-order chi connectivity index (χ1) is 11.5. The van der Waals surface area contributed by atoms with Crippen molar-refractivity contribution in [2.75, 3.05) is 26.2 Å². The summed E-state index contributed by atoms with van der Waals surface area (Å²) < 4.78 is 10.4. The zero-order chi connectivity index (χ0) is 17.3. The van der Waals surface area contributed by atoms with Gasteiger partial charge in [-0.05, 0) is 27.7 Å². The fourth-order valence-electron chi connectivity index (χ4n) is 3.12. The van der Waals surface area contributed by atoms with Crippen LogP contribution in [0.1, 0.15) is 34.0 Å². The summed E-state index contributed by atoms with van der Waals surface area (Å²) in [6.45, 7) is 11.7. The number of aryl methyl sites for hydroxylation is 4. The molecule has 1 aliphatic heterocycles. The highest BCUT2D eigenvalue weighted by Crippen LogP contribution is 2.18. The minimum atomic E-state index is 0.140. The van der Waals surface area contributed by atoms with Crippen molar-refractivity contribution in [2.45, 2.75) is 40.7 Å². The van der Waals surface area contributed by atoms with Crippen molar-refractivity contribution in [2.24, 2.45) is 0 Å². The number of amides is 1. The van der Waals surface area contributed by atoms with Gasteiger partial charge in [0.2, 0.25) is 5.91 Å².